The van der Waals surface area contributed by atoms with Crippen LogP contribution in [0.15, 0.2) is 36.4 Å². The molecule has 1 unspecified atom stereocenters. The number of hydrogen-bond donors (Lipinski definition) is 0. The van der Waals surface area contributed by atoms with Gasteiger partial charge >= 0.3 is 0 Å². The zero-order valence-corrected chi connectivity index (χ0v) is 13.5. The SMILES string of the molecule is COc1ccc2c(c1)C(Cc1ccc3c(c1)OCO3)N(C)CC2. The molecule has 120 valence electrons. The van der Waals surface area contributed by atoms with Crippen molar-refractivity contribution in [3.05, 3.63) is 53.1 Å². The first-order valence-corrected chi connectivity index (χ1v) is 8.00. The molecule has 0 amide bonds. The normalized spacial score (nSPS) is 19.5. The summed E-state index contributed by atoms with van der Waals surface area (Å²) in [6, 6.07) is 13.0. The van der Waals surface area contributed by atoms with E-state index in [2.05, 4.69) is 42.3 Å². The standard InChI is InChI=1S/C19H21NO3/c1-20-8-7-14-4-5-15(21-2)11-16(14)17(20)9-13-3-6-18-19(10-13)23-12-22-18/h3-6,10-11,17H,7-9,12H2,1-2H3. The fourth-order valence-electron chi connectivity index (χ4n) is 3.48. The lowest BCUT2D eigenvalue weighted by Gasteiger charge is -2.35. The minimum absolute atomic E-state index is 0.322. The highest BCUT2D eigenvalue weighted by atomic mass is 16.7. The van der Waals surface area contributed by atoms with Crippen LogP contribution in [-0.2, 0) is 12.8 Å². The van der Waals surface area contributed by atoms with E-state index in [1.807, 2.05) is 6.07 Å². The van der Waals surface area contributed by atoms with E-state index in [0.29, 0.717) is 12.8 Å². The van der Waals surface area contributed by atoms with Crippen LogP contribution in [0.25, 0.3) is 0 Å². The number of benzene rings is 2. The number of rotatable bonds is 3. The lowest BCUT2D eigenvalue weighted by Crippen LogP contribution is -2.33. The van der Waals surface area contributed by atoms with Crippen molar-refractivity contribution >= 4 is 0 Å². The topological polar surface area (TPSA) is 30.9 Å². The van der Waals surface area contributed by atoms with E-state index in [0.717, 1.165) is 36.6 Å². The Kier molecular flexibility index (Phi) is 3.62. The maximum absolute atomic E-state index is 5.51. The van der Waals surface area contributed by atoms with Gasteiger partial charge < -0.3 is 14.2 Å². The smallest absolute Gasteiger partial charge is 0.231 e. The van der Waals surface area contributed by atoms with Gasteiger partial charge in [-0.2, -0.15) is 0 Å². The quantitative estimate of drug-likeness (QED) is 0.871. The van der Waals surface area contributed by atoms with Crippen molar-refractivity contribution in [3.8, 4) is 17.2 Å². The fraction of sp³-hybridized carbons (Fsp3) is 0.368. The third-order valence-corrected chi connectivity index (χ3v) is 4.84. The van der Waals surface area contributed by atoms with Crippen LogP contribution in [0, 0.1) is 0 Å². The number of likely N-dealkylation sites (N-methyl/N-ethyl adjacent to an activating group) is 1. The summed E-state index contributed by atoms with van der Waals surface area (Å²) >= 11 is 0. The van der Waals surface area contributed by atoms with E-state index in [1.54, 1.807) is 7.11 Å². The van der Waals surface area contributed by atoms with Crippen molar-refractivity contribution in [1.82, 2.24) is 4.90 Å². The minimum Gasteiger partial charge on any atom is -0.497 e. The van der Waals surface area contributed by atoms with Gasteiger partial charge in [-0.25, -0.2) is 0 Å². The summed E-state index contributed by atoms with van der Waals surface area (Å²) < 4.78 is 16.3. The first-order chi connectivity index (χ1) is 11.2. The van der Waals surface area contributed by atoms with Gasteiger partial charge in [-0.15, -0.1) is 0 Å². The average Bonchev–Trinajstić information content (AvgIpc) is 3.04. The van der Waals surface area contributed by atoms with Crippen LogP contribution in [-0.4, -0.2) is 32.4 Å². The van der Waals surface area contributed by atoms with Gasteiger partial charge in [0.25, 0.3) is 0 Å². The van der Waals surface area contributed by atoms with Crippen LogP contribution in [0.4, 0.5) is 0 Å². The zero-order chi connectivity index (χ0) is 15.8. The van der Waals surface area contributed by atoms with Gasteiger partial charge in [-0.05, 0) is 60.8 Å². The highest BCUT2D eigenvalue weighted by Crippen LogP contribution is 2.37. The molecular formula is C19H21NO3. The highest BCUT2D eigenvalue weighted by molar-refractivity contribution is 5.46. The summed E-state index contributed by atoms with van der Waals surface area (Å²) in [7, 11) is 3.92. The van der Waals surface area contributed by atoms with Gasteiger partial charge in [0, 0.05) is 12.6 Å². The van der Waals surface area contributed by atoms with Crippen LogP contribution >= 0.6 is 0 Å². The van der Waals surface area contributed by atoms with Crippen molar-refractivity contribution in [3.63, 3.8) is 0 Å². The van der Waals surface area contributed by atoms with Crippen molar-refractivity contribution < 1.29 is 14.2 Å². The van der Waals surface area contributed by atoms with Gasteiger partial charge in [0.15, 0.2) is 11.5 Å². The maximum Gasteiger partial charge on any atom is 0.231 e. The van der Waals surface area contributed by atoms with Crippen molar-refractivity contribution in [2.24, 2.45) is 0 Å². The summed E-state index contributed by atoms with van der Waals surface area (Å²) in [5.41, 5.74) is 4.06. The Morgan fingerprint density at radius 1 is 1.13 bits per heavy atom. The van der Waals surface area contributed by atoms with E-state index < -0.39 is 0 Å². The van der Waals surface area contributed by atoms with E-state index >= 15 is 0 Å². The molecule has 0 radical (unpaired) electrons. The predicted octanol–water partition coefficient (Wildman–Crippen LogP) is 3.20. The lowest BCUT2D eigenvalue weighted by atomic mass is 9.89. The summed E-state index contributed by atoms with van der Waals surface area (Å²) in [6.45, 7) is 1.40. The second-order valence-electron chi connectivity index (χ2n) is 6.20. The molecule has 2 aliphatic rings. The number of hydrogen-bond acceptors (Lipinski definition) is 4. The first-order valence-electron chi connectivity index (χ1n) is 8.00. The zero-order valence-electron chi connectivity index (χ0n) is 13.5. The van der Waals surface area contributed by atoms with Gasteiger partial charge in [-0.3, -0.25) is 4.90 Å². The molecule has 0 fully saturated rings. The molecule has 0 N–H and O–H groups in total. The minimum atomic E-state index is 0.322. The summed E-state index contributed by atoms with van der Waals surface area (Å²) in [5, 5.41) is 0. The predicted molar refractivity (Wildman–Crippen MR) is 88.3 cm³/mol. The summed E-state index contributed by atoms with van der Waals surface area (Å²) in [6.07, 6.45) is 2.04. The average molecular weight is 311 g/mol. The Hall–Kier alpha value is -2.20. The molecule has 1 atom stereocenters. The molecule has 4 nitrogen and oxygen atoms in total. The van der Waals surface area contributed by atoms with E-state index in [1.165, 1.54) is 16.7 Å². The van der Waals surface area contributed by atoms with Gasteiger partial charge in [-0.1, -0.05) is 12.1 Å². The monoisotopic (exact) mass is 311 g/mol. The molecule has 2 aromatic rings. The molecule has 23 heavy (non-hydrogen) atoms. The van der Waals surface area contributed by atoms with Gasteiger partial charge in [0.05, 0.1) is 7.11 Å². The second kappa shape index (κ2) is 5.78. The van der Waals surface area contributed by atoms with Crippen molar-refractivity contribution in [2.45, 2.75) is 18.9 Å². The highest BCUT2D eigenvalue weighted by Gasteiger charge is 2.26. The largest absolute Gasteiger partial charge is 0.497 e. The van der Waals surface area contributed by atoms with Gasteiger partial charge in [0.2, 0.25) is 6.79 Å². The van der Waals surface area contributed by atoms with Gasteiger partial charge in [0.1, 0.15) is 5.75 Å². The molecule has 0 aromatic heterocycles. The molecule has 0 spiro atoms. The Morgan fingerprint density at radius 2 is 2.00 bits per heavy atom. The van der Waals surface area contributed by atoms with Crippen LogP contribution in [0.1, 0.15) is 22.7 Å². The van der Waals surface area contributed by atoms with E-state index in [9.17, 15) is 0 Å². The van der Waals surface area contributed by atoms with Crippen molar-refractivity contribution in [1.29, 1.82) is 0 Å². The maximum atomic E-state index is 5.51. The van der Waals surface area contributed by atoms with Crippen LogP contribution in [0.5, 0.6) is 17.2 Å². The molecule has 4 rings (SSSR count). The number of ether oxygens (including phenoxy) is 3. The summed E-state index contributed by atoms with van der Waals surface area (Å²) in [5.74, 6) is 2.62. The third kappa shape index (κ3) is 2.63. The second-order valence-corrected chi connectivity index (χ2v) is 6.20. The Labute approximate surface area is 136 Å². The number of nitrogens with zero attached hydrogens (tertiary/aromatic N) is 1. The molecule has 0 saturated heterocycles. The van der Waals surface area contributed by atoms with Crippen molar-refractivity contribution in [2.75, 3.05) is 27.5 Å². The van der Waals surface area contributed by atoms with Crippen LogP contribution < -0.4 is 14.2 Å². The number of fused-ring (bicyclic) bond motifs is 2. The molecule has 4 heteroatoms. The molecule has 2 aromatic carbocycles. The molecule has 2 heterocycles. The Balaban J connectivity index is 1.66. The Morgan fingerprint density at radius 3 is 2.87 bits per heavy atom. The Bertz CT molecular complexity index is 729. The first kappa shape index (κ1) is 14.4. The van der Waals surface area contributed by atoms with E-state index in [-0.39, 0.29) is 0 Å². The van der Waals surface area contributed by atoms with Crippen LogP contribution in [0.2, 0.25) is 0 Å². The summed E-state index contributed by atoms with van der Waals surface area (Å²) in [4.78, 5) is 2.42. The molecule has 0 saturated carbocycles. The molecular weight excluding hydrogens is 290 g/mol. The van der Waals surface area contributed by atoms with E-state index in [4.69, 9.17) is 14.2 Å². The third-order valence-electron chi connectivity index (χ3n) is 4.84. The molecule has 0 bridgehead atoms. The molecule has 2 aliphatic heterocycles. The fourth-order valence-corrected chi connectivity index (χ4v) is 3.48. The van der Waals surface area contributed by atoms with Crippen LogP contribution in [0.3, 0.4) is 0 Å². The molecule has 0 aliphatic carbocycles. The lowest BCUT2D eigenvalue weighted by molar-refractivity contribution is 0.174. The number of methoxy groups -OCH3 is 1.